The summed E-state index contributed by atoms with van der Waals surface area (Å²) in [6.45, 7) is 0.232. The summed E-state index contributed by atoms with van der Waals surface area (Å²) in [6.07, 6.45) is 2.75. The van der Waals surface area contributed by atoms with E-state index < -0.39 is 44.7 Å². The molecule has 12 nitrogen and oxygen atoms in total. The molecule has 7 rings (SSSR count). The maximum absolute atomic E-state index is 13.1. The number of furan rings is 2. The molecule has 0 radical (unpaired) electrons. The van der Waals surface area contributed by atoms with Gasteiger partial charge in [0.05, 0.1) is 43.1 Å². The van der Waals surface area contributed by atoms with Gasteiger partial charge in [-0.1, -0.05) is 6.42 Å². The molecule has 2 unspecified atom stereocenters. The molecule has 200 valence electrons. The minimum absolute atomic E-state index is 0.0445. The lowest BCUT2D eigenvalue weighted by Crippen LogP contribution is -2.34. The summed E-state index contributed by atoms with van der Waals surface area (Å²) >= 11 is 0. The molecular weight excluding hydrogens is 524 g/mol. The van der Waals surface area contributed by atoms with Gasteiger partial charge in [-0.25, -0.2) is 19.2 Å². The molecule has 2 aromatic carbocycles. The number of hydrogen-bond donors (Lipinski definition) is 0. The first-order chi connectivity index (χ1) is 19.1. The molecular formula is C28H18N2O10. The standard InChI is InChI=1S/C28H18N2O10/c31-21-13-5-17-18(26(36)39-25(17)35)6-14(13)22(32)29(21)9-11-2-1-3-12(4-11)10-30-23(33)15-7-19-20(8-16(15)24(30)34)28(38)40-27(19)37/h5-8,11-12H,1-4,9-10H2. The van der Waals surface area contributed by atoms with Crippen LogP contribution in [0, 0.1) is 11.8 Å². The van der Waals surface area contributed by atoms with Crippen LogP contribution in [0.25, 0.3) is 43.1 Å². The fraction of sp³-hybridized carbons (Fsp3) is 0.286. The van der Waals surface area contributed by atoms with Gasteiger partial charge in [0.15, 0.2) is 0 Å². The maximum Gasteiger partial charge on any atom is 0.346 e. The SMILES string of the molecule is O=c1oc(=O)c2cc3c(=O)n(CC4CCCC(Cn5c(=O)c6cc7c(=O)oc(=O)c7cc6c5=O)C4)c(=O)c3cc12. The van der Waals surface area contributed by atoms with E-state index in [9.17, 15) is 38.4 Å². The lowest BCUT2D eigenvalue weighted by molar-refractivity contribution is 0.220. The van der Waals surface area contributed by atoms with E-state index in [0.717, 1.165) is 28.4 Å². The molecule has 0 amide bonds. The Labute approximate surface area is 219 Å². The third kappa shape index (κ3) is 3.31. The highest BCUT2D eigenvalue weighted by Crippen LogP contribution is 2.31. The molecule has 1 saturated carbocycles. The van der Waals surface area contributed by atoms with Crippen molar-refractivity contribution in [3.8, 4) is 0 Å². The van der Waals surface area contributed by atoms with Crippen molar-refractivity contribution < 1.29 is 8.83 Å². The highest BCUT2D eigenvalue weighted by molar-refractivity contribution is 5.98. The van der Waals surface area contributed by atoms with Gasteiger partial charge >= 0.3 is 22.5 Å². The van der Waals surface area contributed by atoms with Crippen molar-refractivity contribution in [3.05, 3.63) is 107 Å². The van der Waals surface area contributed by atoms with Crippen LogP contribution in [0.3, 0.4) is 0 Å². The molecule has 4 aromatic heterocycles. The van der Waals surface area contributed by atoms with E-state index in [1.54, 1.807) is 0 Å². The number of hydrogen-bond acceptors (Lipinski definition) is 10. The molecule has 0 N–H and O–H groups in total. The lowest BCUT2D eigenvalue weighted by atomic mass is 9.81. The molecule has 12 heteroatoms. The lowest BCUT2D eigenvalue weighted by Gasteiger charge is -2.29. The summed E-state index contributed by atoms with van der Waals surface area (Å²) in [6, 6.07) is 4.92. The molecule has 4 heterocycles. The normalized spacial score (nSPS) is 18.1. The van der Waals surface area contributed by atoms with Gasteiger partial charge in [-0.15, -0.1) is 0 Å². The van der Waals surface area contributed by atoms with Gasteiger partial charge in [0, 0.05) is 13.1 Å². The monoisotopic (exact) mass is 542 g/mol. The fourth-order valence-corrected chi connectivity index (χ4v) is 6.32. The Morgan fingerprint density at radius 3 is 1.10 bits per heavy atom. The van der Waals surface area contributed by atoms with E-state index in [1.807, 2.05) is 0 Å². The summed E-state index contributed by atoms with van der Waals surface area (Å²) < 4.78 is 11.3. The first kappa shape index (κ1) is 24.1. The Balaban J connectivity index is 1.20. The van der Waals surface area contributed by atoms with Crippen molar-refractivity contribution in [2.45, 2.75) is 38.8 Å². The second-order valence-corrected chi connectivity index (χ2v) is 10.6. The molecule has 0 bridgehead atoms. The van der Waals surface area contributed by atoms with Crippen LogP contribution in [0.1, 0.15) is 25.7 Å². The zero-order valence-corrected chi connectivity index (χ0v) is 20.7. The van der Waals surface area contributed by atoms with E-state index in [-0.39, 0.29) is 68.0 Å². The van der Waals surface area contributed by atoms with E-state index in [2.05, 4.69) is 8.83 Å². The molecule has 1 aliphatic carbocycles. The predicted octanol–water partition coefficient (Wildman–Crippen LogP) is 0.228. The first-order valence-corrected chi connectivity index (χ1v) is 12.7. The van der Waals surface area contributed by atoms with Gasteiger partial charge in [0.2, 0.25) is 0 Å². The molecule has 0 saturated heterocycles. The third-order valence-electron chi connectivity index (χ3n) is 8.24. The second kappa shape index (κ2) is 8.25. The zero-order valence-electron chi connectivity index (χ0n) is 20.7. The van der Waals surface area contributed by atoms with Crippen LogP contribution in [0.4, 0.5) is 0 Å². The first-order valence-electron chi connectivity index (χ1n) is 12.7. The van der Waals surface area contributed by atoms with E-state index in [1.165, 1.54) is 24.3 Å². The van der Waals surface area contributed by atoms with Gasteiger partial charge in [-0.3, -0.25) is 28.3 Å². The molecule has 2 atom stereocenters. The third-order valence-corrected chi connectivity index (χ3v) is 8.24. The average molecular weight is 542 g/mol. The van der Waals surface area contributed by atoms with Crippen molar-refractivity contribution in [2.75, 3.05) is 0 Å². The van der Waals surface area contributed by atoms with Crippen molar-refractivity contribution in [2.24, 2.45) is 11.8 Å². The summed E-state index contributed by atoms with van der Waals surface area (Å²) in [7, 11) is 0. The van der Waals surface area contributed by atoms with Crippen molar-refractivity contribution >= 4 is 43.1 Å². The highest BCUT2D eigenvalue weighted by Gasteiger charge is 2.27. The minimum atomic E-state index is -0.860. The zero-order chi connectivity index (χ0) is 28.0. The summed E-state index contributed by atoms with van der Waals surface area (Å²) in [5.41, 5.74) is -5.67. The Morgan fingerprint density at radius 1 is 0.500 bits per heavy atom. The van der Waals surface area contributed by atoms with Gasteiger partial charge in [0.1, 0.15) is 0 Å². The van der Waals surface area contributed by atoms with Crippen LogP contribution in [-0.4, -0.2) is 9.13 Å². The molecule has 1 aliphatic rings. The van der Waals surface area contributed by atoms with Crippen LogP contribution >= 0.6 is 0 Å². The van der Waals surface area contributed by atoms with Crippen LogP contribution in [0.2, 0.25) is 0 Å². The van der Waals surface area contributed by atoms with Crippen LogP contribution in [0.15, 0.2) is 71.5 Å². The number of rotatable bonds is 4. The van der Waals surface area contributed by atoms with Gasteiger partial charge in [0.25, 0.3) is 22.2 Å². The Morgan fingerprint density at radius 2 is 0.800 bits per heavy atom. The van der Waals surface area contributed by atoms with Crippen molar-refractivity contribution in [3.63, 3.8) is 0 Å². The summed E-state index contributed by atoms with van der Waals surface area (Å²) in [4.78, 5) is 99.9. The second-order valence-electron chi connectivity index (χ2n) is 10.6. The van der Waals surface area contributed by atoms with Gasteiger partial charge < -0.3 is 8.83 Å². The topological polar surface area (TPSA) is 173 Å². The Kier molecular flexibility index (Phi) is 4.96. The Bertz CT molecular complexity index is 2150. The van der Waals surface area contributed by atoms with E-state index >= 15 is 0 Å². The van der Waals surface area contributed by atoms with Gasteiger partial charge in [-0.2, -0.15) is 0 Å². The quantitative estimate of drug-likeness (QED) is 0.300. The smallest absolute Gasteiger partial charge is 0.346 e. The average Bonchev–Trinajstić information content (AvgIpc) is 3.55. The molecule has 1 fully saturated rings. The molecule has 0 spiro atoms. The maximum atomic E-state index is 13.1. The largest absolute Gasteiger partial charge is 0.386 e. The van der Waals surface area contributed by atoms with E-state index in [0.29, 0.717) is 6.42 Å². The summed E-state index contributed by atoms with van der Waals surface area (Å²) in [5.74, 6) is -0.184. The van der Waals surface area contributed by atoms with Crippen molar-refractivity contribution in [1.29, 1.82) is 0 Å². The van der Waals surface area contributed by atoms with Crippen LogP contribution in [0.5, 0.6) is 0 Å². The number of aromatic nitrogens is 2. The Hall–Kier alpha value is -5.00. The van der Waals surface area contributed by atoms with E-state index in [4.69, 9.17) is 0 Å². The summed E-state index contributed by atoms with van der Waals surface area (Å²) in [5, 5.41) is -0.000164. The van der Waals surface area contributed by atoms with Crippen LogP contribution < -0.4 is 44.7 Å². The molecule has 40 heavy (non-hydrogen) atoms. The minimum Gasteiger partial charge on any atom is -0.386 e. The van der Waals surface area contributed by atoms with Gasteiger partial charge in [-0.05, 0) is 55.4 Å². The predicted molar refractivity (Wildman–Crippen MR) is 144 cm³/mol. The van der Waals surface area contributed by atoms with Crippen LogP contribution in [-0.2, 0) is 13.1 Å². The highest BCUT2D eigenvalue weighted by atomic mass is 16.4. The number of nitrogens with zero attached hydrogens (tertiary/aromatic N) is 2. The molecule has 6 aromatic rings. The fourth-order valence-electron chi connectivity index (χ4n) is 6.32. The number of fused-ring (bicyclic) bond motifs is 4. The number of benzene rings is 2. The van der Waals surface area contributed by atoms with Crippen molar-refractivity contribution in [1.82, 2.24) is 9.13 Å². The molecule has 0 aliphatic heterocycles.